The third kappa shape index (κ3) is 2.40. The normalized spacial score (nSPS) is 12.8. The number of phenolic OH excluding ortho intramolecular Hbond substituents is 1. The summed E-state index contributed by atoms with van der Waals surface area (Å²) in [6, 6.07) is 11.7. The van der Waals surface area contributed by atoms with Crippen molar-refractivity contribution < 1.29 is 9.94 Å². The second-order valence-corrected chi connectivity index (χ2v) is 4.00. The zero-order valence-corrected chi connectivity index (χ0v) is 10.1. The highest BCUT2D eigenvalue weighted by Crippen LogP contribution is 2.32. The van der Waals surface area contributed by atoms with Gasteiger partial charge in [-0.1, -0.05) is 36.4 Å². The highest BCUT2D eigenvalue weighted by atomic mass is 16.6. The van der Waals surface area contributed by atoms with Gasteiger partial charge >= 0.3 is 0 Å². The van der Waals surface area contributed by atoms with Crippen LogP contribution in [0.3, 0.4) is 0 Å². The van der Waals surface area contributed by atoms with Gasteiger partial charge in [-0.25, -0.2) is 0 Å². The van der Waals surface area contributed by atoms with Crippen molar-refractivity contribution in [2.24, 2.45) is 0 Å². The van der Waals surface area contributed by atoms with E-state index in [4.69, 9.17) is 4.84 Å². The molecule has 17 heavy (non-hydrogen) atoms. The Morgan fingerprint density at radius 1 is 1.24 bits per heavy atom. The van der Waals surface area contributed by atoms with Crippen molar-refractivity contribution in [3.05, 3.63) is 42.0 Å². The summed E-state index contributed by atoms with van der Waals surface area (Å²) in [7, 11) is 0. The van der Waals surface area contributed by atoms with Gasteiger partial charge in [-0.15, -0.1) is 0 Å². The number of hydrogen-bond acceptors (Lipinski definition) is 3. The molecule has 0 spiro atoms. The topological polar surface area (TPSA) is 41.5 Å². The predicted molar refractivity (Wildman–Crippen MR) is 68.8 cm³/mol. The Balaban J connectivity index is 2.38. The van der Waals surface area contributed by atoms with Crippen molar-refractivity contribution in [1.29, 1.82) is 0 Å². The standard InChI is InChI=1S/C14H17NO2/c1-3-17-15-10(2)12-9-8-11-6-4-5-7-13(11)14(12)16/h4-10,15-16H,3H2,1-2H3. The lowest BCUT2D eigenvalue weighted by molar-refractivity contribution is 0.0280. The Morgan fingerprint density at radius 3 is 2.76 bits per heavy atom. The zero-order chi connectivity index (χ0) is 12.3. The number of hydroxylamine groups is 1. The average molecular weight is 231 g/mol. The summed E-state index contributed by atoms with van der Waals surface area (Å²) in [5, 5.41) is 12.1. The molecule has 0 aliphatic carbocycles. The molecular weight excluding hydrogens is 214 g/mol. The van der Waals surface area contributed by atoms with Crippen LogP contribution in [0.15, 0.2) is 36.4 Å². The van der Waals surface area contributed by atoms with E-state index < -0.39 is 0 Å². The minimum atomic E-state index is -0.0421. The number of hydrogen-bond donors (Lipinski definition) is 2. The van der Waals surface area contributed by atoms with E-state index >= 15 is 0 Å². The molecule has 0 bridgehead atoms. The maximum Gasteiger partial charge on any atom is 0.128 e. The van der Waals surface area contributed by atoms with Gasteiger partial charge in [-0.05, 0) is 19.2 Å². The lowest BCUT2D eigenvalue weighted by Crippen LogP contribution is -2.19. The number of rotatable bonds is 4. The summed E-state index contributed by atoms with van der Waals surface area (Å²) in [5.74, 6) is 0.322. The SMILES string of the molecule is CCONC(C)c1ccc2ccccc2c1O. The molecule has 0 amide bonds. The molecule has 0 aliphatic rings. The maximum absolute atomic E-state index is 10.2. The van der Waals surface area contributed by atoms with Gasteiger partial charge in [0.05, 0.1) is 12.6 Å². The van der Waals surface area contributed by atoms with E-state index in [1.54, 1.807) is 0 Å². The van der Waals surface area contributed by atoms with Crippen LogP contribution in [-0.4, -0.2) is 11.7 Å². The van der Waals surface area contributed by atoms with Gasteiger partial charge in [0.15, 0.2) is 0 Å². The van der Waals surface area contributed by atoms with Gasteiger partial charge in [0.25, 0.3) is 0 Å². The first-order valence-corrected chi connectivity index (χ1v) is 5.82. The number of fused-ring (bicyclic) bond motifs is 1. The van der Waals surface area contributed by atoms with Gasteiger partial charge < -0.3 is 9.94 Å². The molecule has 2 aromatic carbocycles. The van der Waals surface area contributed by atoms with E-state index in [0.29, 0.717) is 12.4 Å². The fraction of sp³-hybridized carbons (Fsp3) is 0.286. The van der Waals surface area contributed by atoms with Crippen LogP contribution in [0.25, 0.3) is 10.8 Å². The molecule has 2 N–H and O–H groups in total. The number of nitrogens with one attached hydrogen (secondary N) is 1. The minimum Gasteiger partial charge on any atom is -0.507 e. The number of aromatic hydroxyl groups is 1. The first-order valence-electron chi connectivity index (χ1n) is 5.82. The molecule has 0 radical (unpaired) electrons. The lowest BCUT2D eigenvalue weighted by Gasteiger charge is -2.16. The minimum absolute atomic E-state index is 0.0421. The molecular formula is C14H17NO2. The Kier molecular flexibility index (Phi) is 3.61. The third-order valence-corrected chi connectivity index (χ3v) is 2.80. The lowest BCUT2D eigenvalue weighted by atomic mass is 10.0. The van der Waals surface area contributed by atoms with Crippen LogP contribution in [-0.2, 0) is 4.84 Å². The number of phenols is 1. The highest BCUT2D eigenvalue weighted by Gasteiger charge is 2.12. The average Bonchev–Trinajstić information content (AvgIpc) is 2.37. The summed E-state index contributed by atoms with van der Waals surface area (Å²) in [6.45, 7) is 4.47. The predicted octanol–water partition coefficient (Wildman–Crippen LogP) is 3.15. The quantitative estimate of drug-likeness (QED) is 0.794. The third-order valence-electron chi connectivity index (χ3n) is 2.80. The van der Waals surface area contributed by atoms with Crippen LogP contribution in [0.4, 0.5) is 0 Å². The zero-order valence-electron chi connectivity index (χ0n) is 10.1. The summed E-state index contributed by atoms with van der Waals surface area (Å²) in [6.07, 6.45) is 0. The van der Waals surface area contributed by atoms with Crippen LogP contribution in [0.5, 0.6) is 5.75 Å². The fourth-order valence-electron chi connectivity index (χ4n) is 1.89. The van der Waals surface area contributed by atoms with Gasteiger partial charge in [0, 0.05) is 10.9 Å². The van der Waals surface area contributed by atoms with Crippen molar-refractivity contribution in [1.82, 2.24) is 5.48 Å². The van der Waals surface area contributed by atoms with Crippen LogP contribution >= 0.6 is 0 Å². The highest BCUT2D eigenvalue weighted by molar-refractivity contribution is 5.89. The van der Waals surface area contributed by atoms with E-state index in [2.05, 4.69) is 5.48 Å². The molecule has 0 saturated heterocycles. The van der Waals surface area contributed by atoms with E-state index in [1.807, 2.05) is 50.2 Å². The van der Waals surface area contributed by atoms with E-state index in [-0.39, 0.29) is 6.04 Å². The van der Waals surface area contributed by atoms with Gasteiger partial charge in [-0.2, -0.15) is 5.48 Å². The van der Waals surface area contributed by atoms with Crippen molar-refractivity contribution >= 4 is 10.8 Å². The van der Waals surface area contributed by atoms with Crippen molar-refractivity contribution in [2.75, 3.05) is 6.61 Å². The van der Waals surface area contributed by atoms with Gasteiger partial charge in [-0.3, -0.25) is 0 Å². The van der Waals surface area contributed by atoms with Gasteiger partial charge in [0.2, 0.25) is 0 Å². The Morgan fingerprint density at radius 2 is 2.00 bits per heavy atom. The second kappa shape index (κ2) is 5.17. The molecule has 2 aromatic rings. The monoisotopic (exact) mass is 231 g/mol. The first-order chi connectivity index (χ1) is 8.24. The van der Waals surface area contributed by atoms with Crippen molar-refractivity contribution in [3.8, 4) is 5.75 Å². The van der Waals surface area contributed by atoms with E-state index in [9.17, 15) is 5.11 Å². The molecule has 3 nitrogen and oxygen atoms in total. The molecule has 2 rings (SSSR count). The van der Waals surface area contributed by atoms with Crippen LogP contribution in [0.1, 0.15) is 25.5 Å². The molecule has 3 heteroatoms. The fourth-order valence-corrected chi connectivity index (χ4v) is 1.89. The Labute approximate surface area is 101 Å². The van der Waals surface area contributed by atoms with E-state index in [1.165, 1.54) is 0 Å². The molecule has 0 fully saturated rings. The second-order valence-electron chi connectivity index (χ2n) is 4.00. The molecule has 0 aromatic heterocycles. The molecule has 0 heterocycles. The van der Waals surface area contributed by atoms with Crippen molar-refractivity contribution in [3.63, 3.8) is 0 Å². The summed E-state index contributed by atoms with van der Waals surface area (Å²) in [4.78, 5) is 5.16. The molecule has 1 unspecified atom stereocenters. The van der Waals surface area contributed by atoms with Crippen LogP contribution in [0.2, 0.25) is 0 Å². The number of benzene rings is 2. The Bertz CT molecular complexity index is 511. The first kappa shape index (κ1) is 11.9. The summed E-state index contributed by atoms with van der Waals surface area (Å²) < 4.78 is 0. The van der Waals surface area contributed by atoms with Crippen LogP contribution < -0.4 is 5.48 Å². The molecule has 0 saturated carbocycles. The largest absolute Gasteiger partial charge is 0.507 e. The van der Waals surface area contributed by atoms with Crippen LogP contribution in [0, 0.1) is 0 Å². The summed E-state index contributed by atoms with van der Waals surface area (Å²) >= 11 is 0. The van der Waals surface area contributed by atoms with E-state index in [0.717, 1.165) is 16.3 Å². The van der Waals surface area contributed by atoms with Gasteiger partial charge in [0.1, 0.15) is 5.75 Å². The smallest absolute Gasteiger partial charge is 0.128 e. The van der Waals surface area contributed by atoms with Crippen molar-refractivity contribution in [2.45, 2.75) is 19.9 Å². The Hall–Kier alpha value is -1.58. The summed E-state index contributed by atoms with van der Waals surface area (Å²) in [5.41, 5.74) is 3.74. The maximum atomic E-state index is 10.2. The molecule has 0 aliphatic heterocycles. The molecule has 1 atom stereocenters. The molecule has 90 valence electrons.